The van der Waals surface area contributed by atoms with E-state index in [9.17, 15) is 14.4 Å². The zero-order chi connectivity index (χ0) is 21.3. The van der Waals surface area contributed by atoms with E-state index in [0.29, 0.717) is 33.7 Å². The average molecular weight is 512 g/mol. The van der Waals surface area contributed by atoms with Gasteiger partial charge in [0.25, 0.3) is 17.7 Å². The number of methoxy groups -OCH3 is 1. The minimum absolute atomic E-state index is 0.0441. The van der Waals surface area contributed by atoms with Crippen molar-refractivity contribution in [2.24, 2.45) is 0 Å². The molecule has 1 aliphatic heterocycles. The Labute approximate surface area is 187 Å². The summed E-state index contributed by atoms with van der Waals surface area (Å²) in [6.07, 6.45) is 0. The molecule has 0 bridgehead atoms. The van der Waals surface area contributed by atoms with E-state index in [4.69, 9.17) is 4.74 Å². The molecule has 1 heterocycles. The van der Waals surface area contributed by atoms with Crippen molar-refractivity contribution in [2.75, 3.05) is 12.4 Å². The highest BCUT2D eigenvalue weighted by atomic mass is 127. The van der Waals surface area contributed by atoms with Crippen LogP contribution < -0.4 is 10.1 Å². The number of amides is 3. The highest BCUT2D eigenvalue weighted by molar-refractivity contribution is 14.1. The van der Waals surface area contributed by atoms with Crippen LogP contribution in [0.1, 0.15) is 36.6 Å². The molecular weight excluding hydrogens is 495 g/mol. The maximum absolute atomic E-state index is 12.7. The molecule has 0 spiro atoms. The lowest BCUT2D eigenvalue weighted by Crippen LogP contribution is -2.29. The van der Waals surface area contributed by atoms with Crippen molar-refractivity contribution < 1.29 is 19.1 Å². The number of benzene rings is 3. The van der Waals surface area contributed by atoms with Crippen LogP contribution in [0.4, 0.5) is 5.69 Å². The Bertz CT molecular complexity index is 1140. The van der Waals surface area contributed by atoms with E-state index < -0.39 is 0 Å². The number of imide groups is 1. The molecule has 0 aromatic heterocycles. The standard InChI is InChI=1S/C23H17IN2O4/c1-30-20-10-9-17(25-21(27)14-5-4-6-16(24)11-14)12-15(20)13-26-22(28)18-7-2-3-8-19(18)23(26)29/h2-12H,13H2,1H3,(H,25,27). The third kappa shape index (κ3) is 3.80. The average Bonchev–Trinajstić information content (AvgIpc) is 2.99. The molecule has 4 rings (SSSR count). The van der Waals surface area contributed by atoms with Crippen molar-refractivity contribution in [3.05, 3.63) is 92.6 Å². The number of hydrogen-bond acceptors (Lipinski definition) is 4. The lowest BCUT2D eigenvalue weighted by atomic mass is 10.1. The summed E-state index contributed by atoms with van der Waals surface area (Å²) in [5.74, 6) is -0.402. The first-order valence-corrected chi connectivity index (χ1v) is 10.2. The van der Waals surface area contributed by atoms with Crippen molar-refractivity contribution in [2.45, 2.75) is 6.54 Å². The van der Waals surface area contributed by atoms with Crippen molar-refractivity contribution >= 4 is 46.0 Å². The lowest BCUT2D eigenvalue weighted by molar-refractivity contribution is 0.0641. The molecule has 6 nitrogen and oxygen atoms in total. The van der Waals surface area contributed by atoms with Gasteiger partial charge in [-0.1, -0.05) is 18.2 Å². The van der Waals surface area contributed by atoms with E-state index in [1.807, 2.05) is 12.1 Å². The Hall–Kier alpha value is -3.20. The third-order valence-corrected chi connectivity index (χ3v) is 5.50. The monoisotopic (exact) mass is 512 g/mol. The molecule has 0 fully saturated rings. The zero-order valence-electron chi connectivity index (χ0n) is 16.0. The molecule has 150 valence electrons. The topological polar surface area (TPSA) is 75.7 Å². The molecule has 0 saturated heterocycles. The highest BCUT2D eigenvalue weighted by Gasteiger charge is 2.35. The van der Waals surface area contributed by atoms with Gasteiger partial charge >= 0.3 is 0 Å². The normalized spacial score (nSPS) is 12.7. The van der Waals surface area contributed by atoms with Crippen LogP contribution >= 0.6 is 22.6 Å². The van der Waals surface area contributed by atoms with E-state index in [1.165, 1.54) is 12.0 Å². The van der Waals surface area contributed by atoms with Crippen LogP contribution in [-0.2, 0) is 6.54 Å². The summed E-state index contributed by atoms with van der Waals surface area (Å²) in [4.78, 5) is 39.1. The fourth-order valence-corrected chi connectivity index (χ4v) is 3.91. The number of nitrogens with zero attached hydrogens (tertiary/aromatic N) is 1. The Kier molecular flexibility index (Phi) is 5.54. The summed E-state index contributed by atoms with van der Waals surface area (Å²) in [5, 5.41) is 2.86. The summed E-state index contributed by atoms with van der Waals surface area (Å²) >= 11 is 2.15. The van der Waals surface area contributed by atoms with Gasteiger partial charge in [-0.15, -0.1) is 0 Å². The SMILES string of the molecule is COc1ccc(NC(=O)c2cccc(I)c2)cc1CN1C(=O)c2ccccc2C1=O. The Morgan fingerprint density at radius 3 is 2.30 bits per heavy atom. The van der Waals surface area contributed by atoms with Crippen LogP contribution in [0.25, 0.3) is 0 Å². The highest BCUT2D eigenvalue weighted by Crippen LogP contribution is 2.29. The minimum atomic E-state index is -0.342. The summed E-state index contributed by atoms with van der Waals surface area (Å²) in [6.45, 7) is 0.0441. The van der Waals surface area contributed by atoms with E-state index in [0.717, 1.165) is 3.57 Å². The second-order valence-corrected chi connectivity index (χ2v) is 7.98. The van der Waals surface area contributed by atoms with Crippen LogP contribution in [0.5, 0.6) is 5.75 Å². The minimum Gasteiger partial charge on any atom is -0.496 e. The second kappa shape index (κ2) is 8.27. The molecule has 3 amide bonds. The van der Waals surface area contributed by atoms with E-state index in [2.05, 4.69) is 27.9 Å². The van der Waals surface area contributed by atoms with Gasteiger partial charge in [-0.3, -0.25) is 19.3 Å². The number of fused-ring (bicyclic) bond motifs is 1. The van der Waals surface area contributed by atoms with Crippen LogP contribution in [0.3, 0.4) is 0 Å². The molecule has 7 heteroatoms. The molecule has 0 aliphatic carbocycles. The van der Waals surface area contributed by atoms with Gasteiger partial charge in [-0.25, -0.2) is 0 Å². The van der Waals surface area contributed by atoms with Crippen molar-refractivity contribution in [1.82, 2.24) is 4.90 Å². The molecule has 1 N–H and O–H groups in total. The van der Waals surface area contributed by atoms with Gasteiger partial charge in [-0.2, -0.15) is 0 Å². The van der Waals surface area contributed by atoms with Crippen molar-refractivity contribution in [1.29, 1.82) is 0 Å². The fourth-order valence-electron chi connectivity index (χ4n) is 3.37. The van der Waals surface area contributed by atoms with Gasteiger partial charge in [0.15, 0.2) is 0 Å². The predicted molar refractivity (Wildman–Crippen MR) is 121 cm³/mol. The van der Waals surface area contributed by atoms with Crippen LogP contribution in [0, 0.1) is 3.57 Å². The molecule has 1 aliphatic rings. The molecule has 3 aromatic carbocycles. The summed E-state index contributed by atoms with van der Waals surface area (Å²) in [7, 11) is 1.52. The predicted octanol–water partition coefficient (Wildman–Crippen LogP) is 4.35. The van der Waals surface area contributed by atoms with E-state index in [-0.39, 0.29) is 24.3 Å². The molecule has 0 atom stereocenters. The first-order valence-electron chi connectivity index (χ1n) is 9.17. The number of carbonyl (C=O) groups excluding carboxylic acids is 3. The second-order valence-electron chi connectivity index (χ2n) is 6.73. The zero-order valence-corrected chi connectivity index (χ0v) is 18.2. The lowest BCUT2D eigenvalue weighted by Gasteiger charge is -2.17. The number of halogens is 1. The number of rotatable bonds is 5. The molecular formula is C23H17IN2O4. The van der Waals surface area contributed by atoms with Gasteiger partial charge in [0.2, 0.25) is 0 Å². The maximum Gasteiger partial charge on any atom is 0.261 e. The van der Waals surface area contributed by atoms with E-state index >= 15 is 0 Å². The van der Waals surface area contributed by atoms with Crippen LogP contribution in [-0.4, -0.2) is 29.7 Å². The number of hydrogen-bond donors (Lipinski definition) is 1. The van der Waals surface area contributed by atoms with Gasteiger partial charge in [0.1, 0.15) is 5.75 Å². The Morgan fingerprint density at radius 2 is 1.67 bits per heavy atom. The van der Waals surface area contributed by atoms with E-state index in [1.54, 1.807) is 54.6 Å². The smallest absolute Gasteiger partial charge is 0.261 e. The molecule has 30 heavy (non-hydrogen) atoms. The number of carbonyl (C=O) groups is 3. The fraction of sp³-hybridized carbons (Fsp3) is 0.0870. The van der Waals surface area contributed by atoms with Crippen molar-refractivity contribution in [3.63, 3.8) is 0 Å². The Morgan fingerprint density at radius 1 is 0.967 bits per heavy atom. The number of ether oxygens (including phenoxy) is 1. The first-order chi connectivity index (χ1) is 14.5. The van der Waals surface area contributed by atoms with Gasteiger partial charge < -0.3 is 10.1 Å². The molecule has 0 unspecified atom stereocenters. The summed E-state index contributed by atoms with van der Waals surface area (Å²) in [5.41, 5.74) is 2.49. The molecule has 3 aromatic rings. The number of anilines is 1. The number of nitrogens with one attached hydrogen (secondary N) is 1. The maximum atomic E-state index is 12.7. The van der Waals surface area contributed by atoms with Gasteiger partial charge in [0, 0.05) is 20.4 Å². The quantitative estimate of drug-likeness (QED) is 0.408. The van der Waals surface area contributed by atoms with Crippen molar-refractivity contribution in [3.8, 4) is 5.75 Å². The molecule has 0 radical (unpaired) electrons. The molecule has 0 saturated carbocycles. The van der Waals surface area contributed by atoms with Crippen LogP contribution in [0.15, 0.2) is 66.7 Å². The van der Waals surface area contributed by atoms with Gasteiger partial charge in [0.05, 0.1) is 24.8 Å². The van der Waals surface area contributed by atoms with Gasteiger partial charge in [-0.05, 0) is 71.1 Å². The van der Waals surface area contributed by atoms with Crippen LogP contribution in [0.2, 0.25) is 0 Å². The third-order valence-electron chi connectivity index (χ3n) is 4.83. The summed E-state index contributed by atoms with van der Waals surface area (Å²) in [6, 6.07) is 19.1. The summed E-state index contributed by atoms with van der Waals surface area (Å²) < 4.78 is 6.36. The largest absolute Gasteiger partial charge is 0.496 e. The Balaban J connectivity index is 1.59. The first kappa shape index (κ1) is 20.1.